The minimum absolute atomic E-state index is 0.0816. The fraction of sp³-hybridized carbons (Fsp3) is 0.533. The van der Waals surface area contributed by atoms with Crippen LogP contribution >= 0.6 is 0 Å². The first-order chi connectivity index (χ1) is 8.90. The molecule has 19 heavy (non-hydrogen) atoms. The number of ether oxygens (including phenoxy) is 1. The van der Waals surface area contributed by atoms with Crippen LogP contribution in [0.3, 0.4) is 0 Å². The summed E-state index contributed by atoms with van der Waals surface area (Å²) >= 11 is 0. The average molecular weight is 264 g/mol. The average Bonchev–Trinajstić information content (AvgIpc) is 2.32. The van der Waals surface area contributed by atoms with Gasteiger partial charge < -0.3 is 15.0 Å². The summed E-state index contributed by atoms with van der Waals surface area (Å²) in [5.74, 6) is 0.683. The standard InChI is InChI=1S/C15H24N2O2/c1-11-6-7-14(12(2)10-11)19-13(3)15(18)16-8-9-17(4)5/h6-7,10,13H,8-9H2,1-5H3,(H,16,18)/t13-/m1/s1. The van der Waals surface area contributed by atoms with Gasteiger partial charge in [0.15, 0.2) is 6.10 Å². The molecule has 1 rings (SSSR count). The molecule has 106 valence electrons. The van der Waals surface area contributed by atoms with Gasteiger partial charge in [0, 0.05) is 13.1 Å². The number of hydrogen-bond acceptors (Lipinski definition) is 3. The Morgan fingerprint density at radius 1 is 1.37 bits per heavy atom. The number of nitrogens with one attached hydrogen (secondary N) is 1. The van der Waals surface area contributed by atoms with Crippen LogP contribution in [0, 0.1) is 13.8 Å². The van der Waals surface area contributed by atoms with Gasteiger partial charge in [0.2, 0.25) is 0 Å². The first-order valence-electron chi connectivity index (χ1n) is 6.56. The molecule has 0 saturated carbocycles. The van der Waals surface area contributed by atoms with Crippen molar-refractivity contribution in [3.05, 3.63) is 29.3 Å². The van der Waals surface area contributed by atoms with Crippen LogP contribution in [0.2, 0.25) is 0 Å². The van der Waals surface area contributed by atoms with E-state index in [4.69, 9.17) is 4.74 Å². The first-order valence-corrected chi connectivity index (χ1v) is 6.56. The highest BCUT2D eigenvalue weighted by Crippen LogP contribution is 2.19. The molecule has 0 heterocycles. The van der Waals surface area contributed by atoms with E-state index in [1.165, 1.54) is 5.56 Å². The Bertz CT molecular complexity index is 430. The van der Waals surface area contributed by atoms with E-state index >= 15 is 0 Å². The zero-order chi connectivity index (χ0) is 14.4. The van der Waals surface area contributed by atoms with Crippen LogP contribution in [0.25, 0.3) is 0 Å². The van der Waals surface area contributed by atoms with Crippen molar-refractivity contribution in [3.63, 3.8) is 0 Å². The van der Waals surface area contributed by atoms with Crippen molar-refractivity contribution in [1.82, 2.24) is 10.2 Å². The molecule has 0 aliphatic heterocycles. The molecule has 1 N–H and O–H groups in total. The molecule has 1 atom stereocenters. The van der Waals surface area contributed by atoms with Gasteiger partial charge in [0.25, 0.3) is 5.91 Å². The first kappa shape index (κ1) is 15.5. The van der Waals surface area contributed by atoms with E-state index in [-0.39, 0.29) is 5.91 Å². The van der Waals surface area contributed by atoms with E-state index in [0.29, 0.717) is 6.54 Å². The summed E-state index contributed by atoms with van der Waals surface area (Å²) in [7, 11) is 3.95. The molecule has 1 aromatic rings. The Morgan fingerprint density at radius 3 is 2.63 bits per heavy atom. The van der Waals surface area contributed by atoms with Crippen LogP contribution < -0.4 is 10.1 Å². The lowest BCUT2D eigenvalue weighted by molar-refractivity contribution is -0.127. The molecule has 0 saturated heterocycles. The van der Waals surface area contributed by atoms with E-state index in [1.54, 1.807) is 6.92 Å². The third-order valence-corrected chi connectivity index (χ3v) is 2.86. The molecule has 0 bridgehead atoms. The van der Waals surface area contributed by atoms with Crippen LogP contribution in [0.15, 0.2) is 18.2 Å². The van der Waals surface area contributed by atoms with E-state index in [9.17, 15) is 4.79 Å². The summed E-state index contributed by atoms with van der Waals surface area (Å²) in [5.41, 5.74) is 2.24. The summed E-state index contributed by atoms with van der Waals surface area (Å²) in [4.78, 5) is 13.9. The van der Waals surface area contributed by atoms with Crippen LogP contribution in [-0.4, -0.2) is 44.1 Å². The number of amides is 1. The van der Waals surface area contributed by atoms with Crippen molar-refractivity contribution < 1.29 is 9.53 Å². The molecule has 4 heteroatoms. The quantitative estimate of drug-likeness (QED) is 0.851. The zero-order valence-electron chi connectivity index (χ0n) is 12.5. The monoisotopic (exact) mass is 264 g/mol. The molecule has 0 aromatic heterocycles. The summed E-state index contributed by atoms with van der Waals surface area (Å²) in [6.45, 7) is 7.24. The van der Waals surface area contributed by atoms with E-state index in [2.05, 4.69) is 5.32 Å². The van der Waals surface area contributed by atoms with Gasteiger partial charge in [-0.05, 0) is 46.5 Å². The minimum atomic E-state index is -0.483. The van der Waals surface area contributed by atoms with Gasteiger partial charge in [-0.1, -0.05) is 17.7 Å². The second-order valence-electron chi connectivity index (χ2n) is 5.12. The molecular weight excluding hydrogens is 240 g/mol. The maximum atomic E-state index is 11.9. The lowest BCUT2D eigenvalue weighted by Gasteiger charge is -2.17. The van der Waals surface area contributed by atoms with Crippen LogP contribution in [-0.2, 0) is 4.79 Å². The molecule has 1 aromatic carbocycles. The van der Waals surface area contributed by atoms with Gasteiger partial charge >= 0.3 is 0 Å². The number of rotatable bonds is 6. The third-order valence-electron chi connectivity index (χ3n) is 2.86. The van der Waals surface area contributed by atoms with Crippen molar-refractivity contribution >= 4 is 5.91 Å². The highest BCUT2D eigenvalue weighted by atomic mass is 16.5. The second kappa shape index (κ2) is 7.14. The van der Waals surface area contributed by atoms with E-state index < -0.39 is 6.10 Å². The Kier molecular flexibility index (Phi) is 5.83. The van der Waals surface area contributed by atoms with Crippen molar-refractivity contribution in [1.29, 1.82) is 0 Å². The molecule has 4 nitrogen and oxygen atoms in total. The van der Waals surface area contributed by atoms with E-state index in [1.807, 2.05) is 51.0 Å². The normalized spacial score (nSPS) is 12.3. The molecule has 0 spiro atoms. The highest BCUT2D eigenvalue weighted by molar-refractivity contribution is 5.80. The number of aryl methyl sites for hydroxylation is 2. The Hall–Kier alpha value is -1.55. The number of nitrogens with zero attached hydrogens (tertiary/aromatic N) is 1. The number of likely N-dealkylation sites (N-methyl/N-ethyl adjacent to an activating group) is 1. The molecule has 0 unspecified atom stereocenters. The Balaban J connectivity index is 2.49. The molecule has 0 aliphatic rings. The van der Waals surface area contributed by atoms with E-state index in [0.717, 1.165) is 17.9 Å². The number of carbonyl (C=O) groups excluding carboxylic acids is 1. The smallest absolute Gasteiger partial charge is 0.260 e. The number of hydrogen-bond donors (Lipinski definition) is 1. The predicted octanol–water partition coefficient (Wildman–Crippen LogP) is 1.75. The number of benzene rings is 1. The maximum absolute atomic E-state index is 11.9. The second-order valence-corrected chi connectivity index (χ2v) is 5.12. The van der Waals surface area contributed by atoms with Gasteiger partial charge in [-0.3, -0.25) is 4.79 Å². The lowest BCUT2D eigenvalue weighted by Crippen LogP contribution is -2.39. The summed E-state index contributed by atoms with van der Waals surface area (Å²) in [5, 5.41) is 2.86. The van der Waals surface area contributed by atoms with Crippen molar-refractivity contribution in [2.45, 2.75) is 26.9 Å². The predicted molar refractivity (Wildman–Crippen MR) is 77.6 cm³/mol. The largest absolute Gasteiger partial charge is 0.481 e. The van der Waals surface area contributed by atoms with Crippen LogP contribution in [0.1, 0.15) is 18.1 Å². The Morgan fingerprint density at radius 2 is 2.05 bits per heavy atom. The molecule has 0 fully saturated rings. The fourth-order valence-corrected chi connectivity index (χ4v) is 1.72. The van der Waals surface area contributed by atoms with Gasteiger partial charge in [0.05, 0.1) is 0 Å². The SMILES string of the molecule is Cc1ccc(O[C@H](C)C(=O)NCCN(C)C)c(C)c1. The minimum Gasteiger partial charge on any atom is -0.481 e. The third kappa shape index (κ3) is 5.30. The molecule has 0 radical (unpaired) electrons. The van der Waals surface area contributed by atoms with Gasteiger partial charge in [-0.15, -0.1) is 0 Å². The topological polar surface area (TPSA) is 41.6 Å². The maximum Gasteiger partial charge on any atom is 0.260 e. The lowest BCUT2D eigenvalue weighted by atomic mass is 10.1. The molecular formula is C15H24N2O2. The van der Waals surface area contributed by atoms with Crippen LogP contribution in [0.5, 0.6) is 5.75 Å². The van der Waals surface area contributed by atoms with Gasteiger partial charge in [0.1, 0.15) is 5.75 Å². The summed E-state index contributed by atoms with van der Waals surface area (Å²) in [6, 6.07) is 5.94. The van der Waals surface area contributed by atoms with Gasteiger partial charge in [-0.25, -0.2) is 0 Å². The summed E-state index contributed by atoms with van der Waals surface area (Å²) < 4.78 is 5.69. The van der Waals surface area contributed by atoms with Crippen molar-refractivity contribution in [2.75, 3.05) is 27.2 Å². The van der Waals surface area contributed by atoms with Crippen LogP contribution in [0.4, 0.5) is 0 Å². The van der Waals surface area contributed by atoms with Crippen molar-refractivity contribution in [3.8, 4) is 5.75 Å². The van der Waals surface area contributed by atoms with Gasteiger partial charge in [-0.2, -0.15) is 0 Å². The summed E-state index contributed by atoms with van der Waals surface area (Å²) in [6.07, 6.45) is -0.483. The zero-order valence-corrected chi connectivity index (χ0v) is 12.5. The molecule has 0 aliphatic carbocycles. The fourth-order valence-electron chi connectivity index (χ4n) is 1.72. The van der Waals surface area contributed by atoms with Crippen molar-refractivity contribution in [2.24, 2.45) is 0 Å². The Labute approximate surface area is 115 Å². The number of carbonyl (C=O) groups is 1. The highest BCUT2D eigenvalue weighted by Gasteiger charge is 2.15. The molecule has 1 amide bonds.